The summed E-state index contributed by atoms with van der Waals surface area (Å²) in [5.41, 5.74) is 5.27. The van der Waals surface area contributed by atoms with Crippen LogP contribution in [0.3, 0.4) is 0 Å². The molecule has 0 saturated heterocycles. The van der Waals surface area contributed by atoms with Crippen molar-refractivity contribution in [2.24, 2.45) is 14.1 Å². The Bertz CT molecular complexity index is 1350. The average molecular weight is 446 g/mol. The van der Waals surface area contributed by atoms with Gasteiger partial charge in [-0.3, -0.25) is 14.2 Å². The lowest BCUT2D eigenvalue weighted by molar-refractivity contribution is 0.0590. The maximum absolute atomic E-state index is 13.4. The van der Waals surface area contributed by atoms with Gasteiger partial charge in [-0.1, -0.05) is 0 Å². The number of nitrogens with zero attached hydrogens (tertiary/aromatic N) is 8. The van der Waals surface area contributed by atoms with Crippen molar-refractivity contribution in [3.8, 4) is 11.3 Å². The summed E-state index contributed by atoms with van der Waals surface area (Å²) < 4.78 is 5.59. The van der Waals surface area contributed by atoms with Crippen LogP contribution in [-0.2, 0) is 27.2 Å². The summed E-state index contributed by atoms with van der Waals surface area (Å²) >= 11 is 0. The van der Waals surface area contributed by atoms with Gasteiger partial charge in [-0.2, -0.15) is 10.2 Å². The SMILES string of the molecule is Cc1cc(CN2C(=O)c3cc(-c4nc(Nc5ccnn5C)ncc4C)cn3C[C@H]2C)n(C)n1. The Kier molecular flexibility index (Phi) is 4.99. The highest BCUT2D eigenvalue weighted by atomic mass is 16.2. The normalized spacial score (nSPS) is 15.7. The smallest absolute Gasteiger partial charge is 0.271 e. The van der Waals surface area contributed by atoms with Crippen LogP contribution < -0.4 is 5.32 Å². The van der Waals surface area contributed by atoms with Crippen LogP contribution in [0.5, 0.6) is 0 Å². The first kappa shape index (κ1) is 20.9. The van der Waals surface area contributed by atoms with Crippen LogP contribution in [0.2, 0.25) is 0 Å². The van der Waals surface area contributed by atoms with E-state index in [9.17, 15) is 4.79 Å². The number of carbonyl (C=O) groups excluding carboxylic acids is 1. The number of hydrogen-bond acceptors (Lipinski definition) is 6. The highest BCUT2D eigenvalue weighted by Crippen LogP contribution is 2.29. The van der Waals surface area contributed by atoms with Crippen molar-refractivity contribution >= 4 is 17.7 Å². The fraction of sp³-hybridized carbons (Fsp3) is 0.348. The molecule has 1 aliphatic rings. The van der Waals surface area contributed by atoms with Gasteiger partial charge in [0.15, 0.2) is 0 Å². The third kappa shape index (κ3) is 3.77. The molecular formula is C23H27N9O. The van der Waals surface area contributed by atoms with E-state index in [0.717, 1.165) is 40.6 Å². The van der Waals surface area contributed by atoms with Gasteiger partial charge in [0.25, 0.3) is 5.91 Å². The molecule has 0 unspecified atom stereocenters. The predicted octanol–water partition coefficient (Wildman–Crippen LogP) is 2.82. The molecule has 0 radical (unpaired) electrons. The molecule has 1 aliphatic heterocycles. The van der Waals surface area contributed by atoms with Crippen LogP contribution >= 0.6 is 0 Å². The van der Waals surface area contributed by atoms with Gasteiger partial charge < -0.3 is 14.8 Å². The Morgan fingerprint density at radius 3 is 2.70 bits per heavy atom. The largest absolute Gasteiger partial charge is 0.341 e. The van der Waals surface area contributed by atoms with Crippen LogP contribution in [0, 0.1) is 13.8 Å². The molecule has 10 nitrogen and oxygen atoms in total. The van der Waals surface area contributed by atoms with Gasteiger partial charge in [0.05, 0.1) is 29.8 Å². The zero-order chi connectivity index (χ0) is 23.3. The van der Waals surface area contributed by atoms with Crippen LogP contribution in [0.25, 0.3) is 11.3 Å². The van der Waals surface area contributed by atoms with E-state index in [0.29, 0.717) is 18.2 Å². The Morgan fingerprint density at radius 1 is 1.18 bits per heavy atom. The fourth-order valence-corrected chi connectivity index (χ4v) is 4.32. The van der Waals surface area contributed by atoms with E-state index in [-0.39, 0.29) is 11.9 Å². The quantitative estimate of drug-likeness (QED) is 0.507. The summed E-state index contributed by atoms with van der Waals surface area (Å²) in [7, 11) is 3.77. The zero-order valence-electron chi connectivity index (χ0n) is 19.4. The Hall–Kier alpha value is -3.95. The molecule has 1 N–H and O–H groups in total. The number of aryl methyl sites for hydroxylation is 4. The van der Waals surface area contributed by atoms with Gasteiger partial charge in [0, 0.05) is 50.7 Å². The van der Waals surface area contributed by atoms with Gasteiger partial charge in [0.1, 0.15) is 11.5 Å². The summed E-state index contributed by atoms with van der Waals surface area (Å²) in [5.74, 6) is 1.29. The molecule has 1 atom stereocenters. The first-order valence-electron chi connectivity index (χ1n) is 10.9. The Morgan fingerprint density at radius 2 is 2.00 bits per heavy atom. The van der Waals surface area contributed by atoms with Crippen molar-refractivity contribution < 1.29 is 4.79 Å². The van der Waals surface area contributed by atoms with Gasteiger partial charge in [-0.25, -0.2) is 9.97 Å². The lowest BCUT2D eigenvalue weighted by atomic mass is 10.1. The standard InChI is InChI=1S/C23H27N9O/c1-14-10-24-23(26-20-6-7-25-30(20)5)27-21(14)17-9-19-22(33)32(16(3)11-31(19)12-17)13-18-8-15(2)28-29(18)4/h6-10,12,16H,11,13H2,1-5H3,(H,24,26,27)/t16-/m1/s1. The van der Waals surface area contributed by atoms with E-state index >= 15 is 0 Å². The molecule has 4 aromatic rings. The molecule has 10 heteroatoms. The minimum absolute atomic E-state index is 0.0128. The summed E-state index contributed by atoms with van der Waals surface area (Å²) in [6, 6.07) is 5.88. The number of anilines is 2. The molecule has 0 aromatic carbocycles. The summed E-state index contributed by atoms with van der Waals surface area (Å²) in [6.07, 6.45) is 5.52. The number of aromatic nitrogens is 7. The number of fused-ring (bicyclic) bond motifs is 1. The summed E-state index contributed by atoms with van der Waals surface area (Å²) in [4.78, 5) is 24.5. The monoisotopic (exact) mass is 445 g/mol. The van der Waals surface area contributed by atoms with Crippen molar-refractivity contribution in [3.63, 3.8) is 0 Å². The predicted molar refractivity (Wildman–Crippen MR) is 124 cm³/mol. The number of carbonyl (C=O) groups is 1. The molecule has 5 rings (SSSR count). The van der Waals surface area contributed by atoms with Gasteiger partial charge in [-0.15, -0.1) is 0 Å². The van der Waals surface area contributed by atoms with Gasteiger partial charge in [-0.05, 0) is 38.5 Å². The molecule has 0 aliphatic carbocycles. The highest BCUT2D eigenvalue weighted by molar-refractivity contribution is 5.95. The molecule has 33 heavy (non-hydrogen) atoms. The topological polar surface area (TPSA) is 98.7 Å². The van der Waals surface area contributed by atoms with Crippen molar-refractivity contribution in [1.29, 1.82) is 0 Å². The van der Waals surface area contributed by atoms with E-state index in [4.69, 9.17) is 4.98 Å². The van der Waals surface area contributed by atoms with Crippen LogP contribution in [0.4, 0.5) is 11.8 Å². The number of rotatable bonds is 5. The van der Waals surface area contributed by atoms with Crippen LogP contribution in [0.1, 0.15) is 34.4 Å². The summed E-state index contributed by atoms with van der Waals surface area (Å²) in [5, 5.41) is 11.8. The van der Waals surface area contributed by atoms with Crippen molar-refractivity contribution in [3.05, 3.63) is 59.4 Å². The van der Waals surface area contributed by atoms with Crippen molar-refractivity contribution in [1.82, 2.24) is 39.0 Å². The van der Waals surface area contributed by atoms with E-state index in [2.05, 4.69) is 27.4 Å². The molecule has 1 amide bonds. The maximum Gasteiger partial charge on any atom is 0.271 e. The highest BCUT2D eigenvalue weighted by Gasteiger charge is 2.31. The van der Waals surface area contributed by atoms with Crippen molar-refractivity contribution in [2.75, 3.05) is 5.32 Å². The molecule has 0 fully saturated rings. The van der Waals surface area contributed by atoms with Crippen molar-refractivity contribution in [2.45, 2.75) is 39.9 Å². The maximum atomic E-state index is 13.4. The Balaban J connectivity index is 1.45. The fourth-order valence-electron chi connectivity index (χ4n) is 4.32. The second kappa shape index (κ2) is 7.88. The second-order valence-corrected chi connectivity index (χ2v) is 8.64. The lowest BCUT2D eigenvalue weighted by Gasteiger charge is -2.34. The average Bonchev–Trinajstić information content (AvgIpc) is 3.45. The van der Waals surface area contributed by atoms with E-state index in [1.165, 1.54) is 0 Å². The van der Waals surface area contributed by atoms with E-state index in [1.807, 2.05) is 66.5 Å². The van der Waals surface area contributed by atoms with Gasteiger partial charge >= 0.3 is 0 Å². The second-order valence-electron chi connectivity index (χ2n) is 8.64. The molecular weight excluding hydrogens is 418 g/mol. The molecule has 0 bridgehead atoms. The summed E-state index contributed by atoms with van der Waals surface area (Å²) in [6.45, 7) is 7.27. The molecule has 4 aromatic heterocycles. The number of amides is 1. The van der Waals surface area contributed by atoms with Crippen LogP contribution in [-0.4, -0.2) is 50.9 Å². The molecule has 170 valence electrons. The first-order chi connectivity index (χ1) is 15.8. The zero-order valence-corrected chi connectivity index (χ0v) is 19.4. The first-order valence-corrected chi connectivity index (χ1v) is 10.9. The molecule has 0 spiro atoms. The van der Waals surface area contributed by atoms with E-state index < -0.39 is 0 Å². The van der Waals surface area contributed by atoms with Gasteiger partial charge in [0.2, 0.25) is 5.95 Å². The molecule has 0 saturated carbocycles. The number of hydrogen-bond donors (Lipinski definition) is 1. The van der Waals surface area contributed by atoms with Crippen LogP contribution in [0.15, 0.2) is 36.8 Å². The third-order valence-corrected chi connectivity index (χ3v) is 6.11. The minimum Gasteiger partial charge on any atom is -0.341 e. The Labute approximate surface area is 191 Å². The van der Waals surface area contributed by atoms with E-state index in [1.54, 1.807) is 17.1 Å². The third-order valence-electron chi connectivity index (χ3n) is 6.11. The minimum atomic E-state index is 0.0128. The number of nitrogens with one attached hydrogen (secondary N) is 1. The lowest BCUT2D eigenvalue weighted by Crippen LogP contribution is -2.45. The molecule has 5 heterocycles.